The molecule has 0 aliphatic carbocycles. The normalized spacial score (nSPS) is 12.4. The minimum atomic E-state index is -1.17. The zero-order valence-electron chi connectivity index (χ0n) is 17.2. The predicted molar refractivity (Wildman–Crippen MR) is 122 cm³/mol. The molecule has 0 saturated carbocycles. The first kappa shape index (κ1) is 22.7. The monoisotopic (exact) mass is 441 g/mol. The number of nitrogens with zero attached hydrogens (tertiary/aromatic N) is 3. The summed E-state index contributed by atoms with van der Waals surface area (Å²) >= 11 is 1.26. The van der Waals surface area contributed by atoms with Crippen molar-refractivity contribution in [2.24, 2.45) is 5.92 Å². The molecule has 32 heavy (non-hydrogen) atoms. The van der Waals surface area contributed by atoms with Crippen molar-refractivity contribution in [1.82, 2.24) is 0 Å². The van der Waals surface area contributed by atoms with Crippen LogP contribution < -0.4 is 0 Å². The van der Waals surface area contributed by atoms with Gasteiger partial charge in [0.2, 0.25) is 0 Å². The van der Waals surface area contributed by atoms with Gasteiger partial charge in [0.25, 0.3) is 5.69 Å². The van der Waals surface area contributed by atoms with Crippen molar-refractivity contribution in [3.63, 3.8) is 0 Å². The van der Waals surface area contributed by atoms with Gasteiger partial charge in [-0.15, -0.1) is 11.8 Å². The Kier molecular flexibility index (Phi) is 7.38. The van der Waals surface area contributed by atoms with Crippen LogP contribution in [0.25, 0.3) is 0 Å². The summed E-state index contributed by atoms with van der Waals surface area (Å²) in [6.45, 7) is 1.95. The highest BCUT2D eigenvalue weighted by atomic mass is 32.2. The molecule has 0 aliphatic heterocycles. The van der Waals surface area contributed by atoms with Gasteiger partial charge >= 0.3 is 0 Å². The molecule has 0 N–H and O–H groups in total. The zero-order valence-corrected chi connectivity index (χ0v) is 18.0. The number of nitro groups is 1. The lowest BCUT2D eigenvalue weighted by molar-refractivity contribution is -0.384. The molecule has 0 spiro atoms. The number of nitriles is 2. The molecule has 0 unspecified atom stereocenters. The Bertz CT molecular complexity index is 1180. The van der Waals surface area contributed by atoms with E-state index in [0.29, 0.717) is 11.1 Å². The van der Waals surface area contributed by atoms with Gasteiger partial charge in [0.05, 0.1) is 22.3 Å². The van der Waals surface area contributed by atoms with Crippen LogP contribution in [0.1, 0.15) is 27.4 Å². The second-order valence-electron chi connectivity index (χ2n) is 7.20. The summed E-state index contributed by atoms with van der Waals surface area (Å²) in [6.07, 6.45) is 0. The van der Waals surface area contributed by atoms with Crippen LogP contribution in [0.15, 0.2) is 83.8 Å². The van der Waals surface area contributed by atoms with Gasteiger partial charge in [-0.05, 0) is 24.6 Å². The maximum absolute atomic E-state index is 13.6. The number of benzene rings is 3. The molecule has 158 valence electrons. The van der Waals surface area contributed by atoms with E-state index >= 15 is 0 Å². The molecule has 0 amide bonds. The molecule has 3 rings (SSSR count). The smallest absolute Gasteiger partial charge is 0.269 e. The van der Waals surface area contributed by atoms with Gasteiger partial charge < -0.3 is 0 Å². The maximum atomic E-state index is 13.6. The van der Waals surface area contributed by atoms with Gasteiger partial charge in [-0.3, -0.25) is 14.9 Å². The van der Waals surface area contributed by atoms with E-state index in [1.807, 2.05) is 43.3 Å². The van der Waals surface area contributed by atoms with Gasteiger partial charge in [-0.1, -0.05) is 60.2 Å². The van der Waals surface area contributed by atoms with Gasteiger partial charge in [0.1, 0.15) is 5.92 Å². The fourth-order valence-electron chi connectivity index (χ4n) is 3.40. The SMILES string of the molecule is Cc1ccc(S[C@H](C(=O)c2ccccc2)[C@H](c2cccc([N+](=O)[O-])c2)C(C#N)C#N)cc1. The van der Waals surface area contributed by atoms with E-state index in [1.54, 1.807) is 36.4 Å². The minimum Gasteiger partial charge on any atom is -0.293 e. The van der Waals surface area contributed by atoms with Crippen LogP contribution in [0.5, 0.6) is 0 Å². The highest BCUT2D eigenvalue weighted by Crippen LogP contribution is 2.41. The number of hydrogen-bond acceptors (Lipinski definition) is 6. The molecule has 3 aromatic carbocycles. The third-order valence-corrected chi connectivity index (χ3v) is 6.34. The average molecular weight is 442 g/mol. The van der Waals surface area contributed by atoms with Crippen molar-refractivity contribution in [2.75, 3.05) is 0 Å². The second-order valence-corrected chi connectivity index (χ2v) is 8.41. The third-order valence-electron chi connectivity index (χ3n) is 5.03. The lowest BCUT2D eigenvalue weighted by atomic mass is 9.82. The van der Waals surface area contributed by atoms with Crippen molar-refractivity contribution in [2.45, 2.75) is 23.0 Å². The standard InChI is InChI=1S/C25H19N3O3S/c1-17-10-12-22(13-11-17)32-25(24(29)18-6-3-2-4-7-18)23(20(15-26)16-27)19-8-5-9-21(14-19)28(30)31/h2-14,20,23,25H,1H3/t23-,25+/m1/s1. The fraction of sp³-hybridized carbons (Fsp3) is 0.160. The van der Waals surface area contributed by atoms with Crippen LogP contribution >= 0.6 is 11.8 Å². The van der Waals surface area contributed by atoms with E-state index < -0.39 is 22.0 Å². The lowest BCUT2D eigenvalue weighted by Gasteiger charge is -2.27. The minimum absolute atomic E-state index is 0.159. The number of ketones is 1. The zero-order chi connectivity index (χ0) is 23.1. The summed E-state index contributed by atoms with van der Waals surface area (Å²) < 4.78 is 0. The largest absolute Gasteiger partial charge is 0.293 e. The van der Waals surface area contributed by atoms with E-state index in [-0.39, 0.29) is 11.5 Å². The molecule has 2 atom stereocenters. The number of non-ortho nitro benzene ring substituents is 1. The summed E-state index contributed by atoms with van der Waals surface area (Å²) in [5.41, 5.74) is 1.75. The van der Waals surface area contributed by atoms with E-state index in [2.05, 4.69) is 0 Å². The number of hydrogen-bond donors (Lipinski definition) is 0. The van der Waals surface area contributed by atoms with Crippen molar-refractivity contribution in [3.05, 3.63) is 106 Å². The van der Waals surface area contributed by atoms with Crippen LogP contribution in [-0.2, 0) is 0 Å². The predicted octanol–water partition coefficient (Wildman–Crippen LogP) is 5.69. The van der Waals surface area contributed by atoms with Gasteiger partial charge in [-0.25, -0.2) is 0 Å². The summed E-state index contributed by atoms with van der Waals surface area (Å²) in [4.78, 5) is 25.2. The number of Topliss-reactive ketones (excluding diaryl/α,β-unsaturated/α-hetero) is 1. The third kappa shape index (κ3) is 5.21. The highest BCUT2D eigenvalue weighted by Gasteiger charge is 2.38. The average Bonchev–Trinajstić information content (AvgIpc) is 2.82. The molecular weight excluding hydrogens is 422 g/mol. The Morgan fingerprint density at radius 3 is 2.22 bits per heavy atom. The molecular formula is C25H19N3O3S. The van der Waals surface area contributed by atoms with Gasteiger partial charge in [0, 0.05) is 28.5 Å². The summed E-state index contributed by atoms with van der Waals surface area (Å²) in [5, 5.41) is 29.9. The first-order valence-corrected chi connectivity index (χ1v) is 10.7. The van der Waals surface area contributed by atoms with Crippen molar-refractivity contribution >= 4 is 23.2 Å². The van der Waals surface area contributed by atoms with Crippen LogP contribution in [0, 0.1) is 45.6 Å². The molecule has 0 aliphatic rings. The van der Waals surface area contributed by atoms with E-state index in [9.17, 15) is 25.4 Å². The van der Waals surface area contributed by atoms with Crippen LogP contribution in [0.4, 0.5) is 5.69 Å². The van der Waals surface area contributed by atoms with Crippen LogP contribution in [-0.4, -0.2) is 16.0 Å². The van der Waals surface area contributed by atoms with Crippen LogP contribution in [0.3, 0.4) is 0 Å². The molecule has 6 nitrogen and oxygen atoms in total. The van der Waals surface area contributed by atoms with Crippen LogP contribution in [0.2, 0.25) is 0 Å². The topological polar surface area (TPSA) is 108 Å². The first-order chi connectivity index (χ1) is 15.4. The molecule has 0 bridgehead atoms. The first-order valence-electron chi connectivity index (χ1n) is 9.80. The molecule has 0 radical (unpaired) electrons. The van der Waals surface area contributed by atoms with E-state index in [1.165, 1.54) is 30.0 Å². The summed E-state index contributed by atoms with van der Waals surface area (Å²) in [7, 11) is 0. The molecule has 0 saturated heterocycles. The second kappa shape index (κ2) is 10.4. The number of carbonyl (C=O) groups excluding carboxylic acids is 1. The van der Waals surface area contributed by atoms with Crippen molar-refractivity contribution < 1.29 is 9.72 Å². The Balaban J connectivity index is 2.16. The highest BCUT2D eigenvalue weighted by molar-refractivity contribution is 8.00. The Hall–Kier alpha value is -3.94. The number of rotatable bonds is 8. The number of nitro benzene ring substituents is 1. The number of aryl methyl sites for hydroxylation is 1. The summed E-state index contributed by atoms with van der Waals surface area (Å²) in [6, 6.07) is 26.0. The fourth-order valence-corrected chi connectivity index (χ4v) is 4.69. The molecule has 0 fully saturated rings. The molecule has 7 heteroatoms. The van der Waals surface area contributed by atoms with E-state index in [4.69, 9.17) is 0 Å². The summed E-state index contributed by atoms with van der Waals surface area (Å²) in [5.74, 6) is -2.29. The van der Waals surface area contributed by atoms with Gasteiger partial charge in [0.15, 0.2) is 5.78 Å². The van der Waals surface area contributed by atoms with Crippen molar-refractivity contribution in [1.29, 1.82) is 10.5 Å². The number of carbonyl (C=O) groups is 1. The Labute approximate surface area is 190 Å². The Morgan fingerprint density at radius 1 is 0.969 bits per heavy atom. The lowest BCUT2D eigenvalue weighted by Crippen LogP contribution is -2.30. The van der Waals surface area contributed by atoms with E-state index in [0.717, 1.165) is 10.5 Å². The van der Waals surface area contributed by atoms with Gasteiger partial charge in [-0.2, -0.15) is 10.5 Å². The Morgan fingerprint density at radius 2 is 1.62 bits per heavy atom. The number of thioether (sulfide) groups is 1. The molecule has 3 aromatic rings. The molecule has 0 heterocycles. The molecule has 0 aromatic heterocycles. The maximum Gasteiger partial charge on any atom is 0.269 e. The van der Waals surface area contributed by atoms with Crippen molar-refractivity contribution in [3.8, 4) is 12.1 Å². The quantitative estimate of drug-likeness (QED) is 0.192.